The van der Waals surface area contributed by atoms with Crippen LogP contribution in [0.4, 0.5) is 0 Å². The minimum Gasteiger partial charge on any atom is -0.339 e. The first-order valence-corrected chi connectivity index (χ1v) is 9.76. The van der Waals surface area contributed by atoms with Crippen molar-refractivity contribution in [2.75, 3.05) is 6.54 Å². The summed E-state index contributed by atoms with van der Waals surface area (Å²) in [5.41, 5.74) is 3.42. The molecule has 1 fully saturated rings. The number of aromatic nitrogens is 3. The summed E-state index contributed by atoms with van der Waals surface area (Å²) >= 11 is 0. The Morgan fingerprint density at radius 1 is 1.18 bits per heavy atom. The molecule has 1 aromatic carbocycles. The maximum atomic E-state index is 12.7. The van der Waals surface area contributed by atoms with Gasteiger partial charge in [-0.25, -0.2) is 0 Å². The summed E-state index contributed by atoms with van der Waals surface area (Å²) in [5.74, 6) is 1.24. The maximum Gasteiger partial charge on any atom is 0.227 e. The SMILES string of the molecule is Cc1noc(CCC(=O)N2CCC[C@H]2c2ccc(Cc3ccccc3)cn2)n1. The average Bonchev–Trinajstić information content (AvgIpc) is 3.37. The number of amides is 1. The predicted molar refractivity (Wildman–Crippen MR) is 105 cm³/mol. The summed E-state index contributed by atoms with van der Waals surface area (Å²) in [6, 6.07) is 14.6. The molecule has 0 aliphatic carbocycles. The minimum atomic E-state index is 0.0581. The zero-order valence-electron chi connectivity index (χ0n) is 16.0. The lowest BCUT2D eigenvalue weighted by Gasteiger charge is -2.24. The highest BCUT2D eigenvalue weighted by Crippen LogP contribution is 2.31. The van der Waals surface area contributed by atoms with Crippen molar-refractivity contribution in [3.05, 3.63) is 77.2 Å². The van der Waals surface area contributed by atoms with Gasteiger partial charge in [0, 0.05) is 25.6 Å². The number of hydrogen-bond acceptors (Lipinski definition) is 5. The third-order valence-electron chi connectivity index (χ3n) is 5.14. The Balaban J connectivity index is 1.39. The largest absolute Gasteiger partial charge is 0.339 e. The van der Waals surface area contributed by atoms with E-state index in [0.29, 0.717) is 24.6 Å². The van der Waals surface area contributed by atoms with Gasteiger partial charge in [-0.15, -0.1) is 0 Å². The molecule has 0 radical (unpaired) electrons. The van der Waals surface area contributed by atoms with Crippen molar-refractivity contribution >= 4 is 5.91 Å². The van der Waals surface area contributed by atoms with Crippen LogP contribution in [0.1, 0.15) is 53.8 Å². The molecule has 0 unspecified atom stereocenters. The van der Waals surface area contributed by atoms with Crippen molar-refractivity contribution in [2.45, 2.75) is 45.1 Å². The second kappa shape index (κ2) is 8.33. The quantitative estimate of drug-likeness (QED) is 0.656. The van der Waals surface area contributed by atoms with Crippen LogP contribution in [0.3, 0.4) is 0 Å². The van der Waals surface area contributed by atoms with E-state index in [1.807, 2.05) is 17.2 Å². The maximum absolute atomic E-state index is 12.7. The van der Waals surface area contributed by atoms with E-state index in [-0.39, 0.29) is 11.9 Å². The Bertz CT molecular complexity index is 921. The highest BCUT2D eigenvalue weighted by molar-refractivity contribution is 5.77. The van der Waals surface area contributed by atoms with E-state index in [9.17, 15) is 4.79 Å². The summed E-state index contributed by atoms with van der Waals surface area (Å²) < 4.78 is 5.11. The monoisotopic (exact) mass is 376 g/mol. The van der Waals surface area contributed by atoms with Gasteiger partial charge in [0.25, 0.3) is 0 Å². The molecule has 3 heterocycles. The average molecular weight is 376 g/mol. The van der Waals surface area contributed by atoms with Gasteiger partial charge in [0.1, 0.15) is 0 Å². The van der Waals surface area contributed by atoms with Gasteiger partial charge in [0.05, 0.1) is 11.7 Å². The zero-order valence-corrected chi connectivity index (χ0v) is 16.0. The fraction of sp³-hybridized carbons (Fsp3) is 0.364. The normalized spacial score (nSPS) is 16.5. The lowest BCUT2D eigenvalue weighted by Crippen LogP contribution is -2.31. The summed E-state index contributed by atoms with van der Waals surface area (Å²) in [7, 11) is 0. The summed E-state index contributed by atoms with van der Waals surface area (Å²) in [6.07, 6.45) is 5.62. The molecule has 3 aromatic rings. The summed E-state index contributed by atoms with van der Waals surface area (Å²) in [6.45, 7) is 2.55. The number of carbonyl (C=O) groups is 1. The number of pyridine rings is 1. The van der Waals surface area contributed by atoms with E-state index in [0.717, 1.165) is 31.5 Å². The number of carbonyl (C=O) groups excluding carboxylic acids is 1. The molecule has 1 saturated heterocycles. The molecule has 28 heavy (non-hydrogen) atoms. The molecule has 0 N–H and O–H groups in total. The number of aryl methyl sites for hydroxylation is 2. The van der Waals surface area contributed by atoms with Gasteiger partial charge in [-0.2, -0.15) is 4.98 Å². The molecule has 0 bridgehead atoms. The van der Waals surface area contributed by atoms with Crippen LogP contribution in [0.25, 0.3) is 0 Å². The van der Waals surface area contributed by atoms with E-state index in [1.54, 1.807) is 6.92 Å². The van der Waals surface area contributed by atoms with Crippen molar-refractivity contribution in [1.29, 1.82) is 0 Å². The van der Waals surface area contributed by atoms with Crippen LogP contribution in [0.2, 0.25) is 0 Å². The molecular weight excluding hydrogens is 352 g/mol. The molecule has 6 nitrogen and oxygen atoms in total. The van der Waals surface area contributed by atoms with Gasteiger partial charge in [-0.3, -0.25) is 9.78 Å². The van der Waals surface area contributed by atoms with Gasteiger partial charge >= 0.3 is 0 Å². The third kappa shape index (κ3) is 4.27. The molecule has 1 aliphatic heterocycles. The number of likely N-dealkylation sites (tertiary alicyclic amines) is 1. The smallest absolute Gasteiger partial charge is 0.227 e. The molecule has 1 aliphatic rings. The Hall–Kier alpha value is -3.02. The fourth-order valence-electron chi connectivity index (χ4n) is 3.74. The molecular formula is C22H24N4O2. The topological polar surface area (TPSA) is 72.1 Å². The van der Waals surface area contributed by atoms with Crippen LogP contribution in [0, 0.1) is 6.92 Å². The Morgan fingerprint density at radius 3 is 2.75 bits per heavy atom. The Labute approximate surface area is 164 Å². The van der Waals surface area contributed by atoms with E-state index in [1.165, 1.54) is 11.1 Å². The van der Waals surface area contributed by atoms with Crippen molar-refractivity contribution in [3.8, 4) is 0 Å². The van der Waals surface area contributed by atoms with Crippen molar-refractivity contribution < 1.29 is 9.32 Å². The van der Waals surface area contributed by atoms with Crippen LogP contribution < -0.4 is 0 Å². The van der Waals surface area contributed by atoms with Gasteiger partial charge in [0.15, 0.2) is 5.82 Å². The van der Waals surface area contributed by atoms with Crippen LogP contribution in [0.15, 0.2) is 53.2 Å². The van der Waals surface area contributed by atoms with Crippen molar-refractivity contribution in [3.63, 3.8) is 0 Å². The Morgan fingerprint density at radius 2 is 2.04 bits per heavy atom. The minimum absolute atomic E-state index is 0.0581. The highest BCUT2D eigenvalue weighted by Gasteiger charge is 2.30. The van der Waals surface area contributed by atoms with E-state index < -0.39 is 0 Å². The molecule has 144 valence electrons. The first-order chi connectivity index (χ1) is 13.7. The lowest BCUT2D eigenvalue weighted by molar-refractivity contribution is -0.132. The van der Waals surface area contributed by atoms with Crippen LogP contribution in [-0.4, -0.2) is 32.5 Å². The second-order valence-electron chi connectivity index (χ2n) is 7.23. The van der Waals surface area contributed by atoms with Crippen LogP contribution >= 0.6 is 0 Å². The molecule has 1 atom stereocenters. The van der Waals surface area contributed by atoms with E-state index in [4.69, 9.17) is 4.52 Å². The number of benzene rings is 1. The van der Waals surface area contributed by atoms with Crippen LogP contribution in [-0.2, 0) is 17.6 Å². The van der Waals surface area contributed by atoms with Gasteiger partial charge < -0.3 is 9.42 Å². The zero-order chi connectivity index (χ0) is 19.3. The molecule has 4 rings (SSSR count). The number of nitrogens with zero attached hydrogens (tertiary/aromatic N) is 4. The van der Waals surface area contributed by atoms with E-state index in [2.05, 4.69) is 51.5 Å². The van der Waals surface area contributed by atoms with Gasteiger partial charge in [-0.1, -0.05) is 41.6 Å². The summed E-state index contributed by atoms with van der Waals surface area (Å²) in [4.78, 5) is 23.5. The third-order valence-corrected chi connectivity index (χ3v) is 5.14. The fourth-order valence-corrected chi connectivity index (χ4v) is 3.74. The first-order valence-electron chi connectivity index (χ1n) is 9.76. The van der Waals surface area contributed by atoms with Gasteiger partial charge in [0.2, 0.25) is 11.8 Å². The number of hydrogen-bond donors (Lipinski definition) is 0. The lowest BCUT2D eigenvalue weighted by atomic mass is 10.0. The van der Waals surface area contributed by atoms with Crippen LogP contribution in [0.5, 0.6) is 0 Å². The van der Waals surface area contributed by atoms with Crippen molar-refractivity contribution in [2.24, 2.45) is 0 Å². The van der Waals surface area contributed by atoms with E-state index >= 15 is 0 Å². The first kappa shape index (κ1) is 18.3. The number of rotatable bonds is 6. The molecule has 2 aromatic heterocycles. The summed E-state index contributed by atoms with van der Waals surface area (Å²) in [5, 5.41) is 3.77. The van der Waals surface area contributed by atoms with Crippen molar-refractivity contribution in [1.82, 2.24) is 20.0 Å². The predicted octanol–water partition coefficient (Wildman–Crippen LogP) is 3.66. The standard InChI is InChI=1S/C22H24N4O2/c1-16-24-21(28-25-16)11-12-22(27)26-13-5-8-20(26)19-10-9-18(15-23-19)14-17-6-3-2-4-7-17/h2-4,6-7,9-10,15,20H,5,8,11-14H2,1H3/t20-/m0/s1. The molecule has 6 heteroatoms. The molecule has 0 spiro atoms. The highest BCUT2D eigenvalue weighted by atomic mass is 16.5. The second-order valence-corrected chi connectivity index (χ2v) is 7.23. The molecule has 0 saturated carbocycles. The molecule has 1 amide bonds. The Kier molecular flexibility index (Phi) is 5.46. The van der Waals surface area contributed by atoms with Gasteiger partial charge in [-0.05, 0) is 43.4 Å².